The molecule has 2 aliphatic heterocycles. The van der Waals surface area contributed by atoms with Gasteiger partial charge in [0.25, 0.3) is 5.91 Å². The number of benzene rings is 1. The number of thioether (sulfide) groups is 1. The van der Waals surface area contributed by atoms with Crippen LogP contribution in [-0.4, -0.2) is 38.6 Å². The molecule has 6 aliphatic rings. The lowest BCUT2D eigenvalue weighted by Crippen LogP contribution is -2.73. The maximum Gasteiger partial charge on any atom is 0.278 e. The SMILES string of the molecule is O=C1c2c(O)c(=O)ccn2N([C@@H]2c3ccccc3SCC3=CC=CC32)CN1C12CC(C1)C2. The molecular formula is C25H23N3O3S. The van der Waals surface area contributed by atoms with Crippen molar-refractivity contribution in [3.05, 3.63) is 81.8 Å². The molecule has 2 aromatic rings. The summed E-state index contributed by atoms with van der Waals surface area (Å²) in [5, 5.41) is 12.9. The van der Waals surface area contributed by atoms with Crippen LogP contribution in [0.2, 0.25) is 0 Å². The zero-order chi connectivity index (χ0) is 21.6. The number of aromatic nitrogens is 1. The Morgan fingerprint density at radius 3 is 2.69 bits per heavy atom. The van der Waals surface area contributed by atoms with Crippen LogP contribution in [0.5, 0.6) is 5.75 Å². The zero-order valence-electron chi connectivity index (χ0n) is 17.5. The highest BCUT2D eigenvalue weighted by Gasteiger charge is 2.63. The number of nitrogens with zero attached hydrogens (tertiary/aromatic N) is 3. The summed E-state index contributed by atoms with van der Waals surface area (Å²) in [6, 6.07) is 9.78. The van der Waals surface area contributed by atoms with Crippen molar-refractivity contribution in [2.75, 3.05) is 17.4 Å². The van der Waals surface area contributed by atoms with Crippen molar-refractivity contribution >= 4 is 17.7 Å². The molecule has 1 amide bonds. The predicted molar refractivity (Wildman–Crippen MR) is 122 cm³/mol. The number of amides is 1. The Labute approximate surface area is 189 Å². The van der Waals surface area contributed by atoms with Gasteiger partial charge >= 0.3 is 0 Å². The molecule has 3 saturated carbocycles. The lowest BCUT2D eigenvalue weighted by atomic mass is 9.49. The van der Waals surface area contributed by atoms with Gasteiger partial charge in [-0.05, 0) is 36.8 Å². The number of hydrogen-bond donors (Lipinski definition) is 1. The Bertz CT molecular complexity index is 1280. The summed E-state index contributed by atoms with van der Waals surface area (Å²) in [5.41, 5.74) is 2.04. The molecule has 1 N–H and O–H groups in total. The molecule has 3 heterocycles. The first-order valence-electron chi connectivity index (χ1n) is 11.2. The summed E-state index contributed by atoms with van der Waals surface area (Å²) in [5.74, 6) is 1.13. The van der Waals surface area contributed by atoms with Gasteiger partial charge in [-0.25, -0.2) is 0 Å². The smallest absolute Gasteiger partial charge is 0.278 e. The van der Waals surface area contributed by atoms with Crippen molar-refractivity contribution in [3.8, 4) is 5.75 Å². The van der Waals surface area contributed by atoms with E-state index in [0.29, 0.717) is 12.6 Å². The molecule has 0 radical (unpaired) electrons. The third kappa shape index (κ3) is 2.32. The van der Waals surface area contributed by atoms with E-state index in [9.17, 15) is 14.7 Å². The average Bonchev–Trinajstić information content (AvgIpc) is 3.12. The third-order valence-electron chi connectivity index (χ3n) is 7.99. The minimum Gasteiger partial charge on any atom is -0.502 e. The number of pyridine rings is 1. The second kappa shape index (κ2) is 6.32. The van der Waals surface area contributed by atoms with Gasteiger partial charge in [-0.1, -0.05) is 42.0 Å². The molecular weight excluding hydrogens is 422 g/mol. The summed E-state index contributed by atoms with van der Waals surface area (Å²) in [6.45, 7) is 0.447. The van der Waals surface area contributed by atoms with Crippen LogP contribution in [0.4, 0.5) is 0 Å². The van der Waals surface area contributed by atoms with Gasteiger partial charge in [0.2, 0.25) is 5.43 Å². The predicted octanol–water partition coefficient (Wildman–Crippen LogP) is 3.42. The van der Waals surface area contributed by atoms with Gasteiger partial charge < -0.3 is 10.0 Å². The third-order valence-corrected chi connectivity index (χ3v) is 9.15. The molecule has 1 unspecified atom stereocenters. The summed E-state index contributed by atoms with van der Waals surface area (Å²) in [6.07, 6.45) is 11.3. The molecule has 1 aromatic carbocycles. The van der Waals surface area contributed by atoms with Gasteiger partial charge in [0.05, 0.1) is 6.04 Å². The summed E-state index contributed by atoms with van der Waals surface area (Å²) < 4.78 is 1.74. The largest absolute Gasteiger partial charge is 0.502 e. The molecule has 7 heteroatoms. The van der Waals surface area contributed by atoms with E-state index in [1.165, 1.54) is 22.1 Å². The van der Waals surface area contributed by atoms with Crippen molar-refractivity contribution in [3.63, 3.8) is 0 Å². The Morgan fingerprint density at radius 1 is 1.09 bits per heavy atom. The summed E-state index contributed by atoms with van der Waals surface area (Å²) >= 11 is 1.85. The molecule has 3 fully saturated rings. The summed E-state index contributed by atoms with van der Waals surface area (Å²) in [7, 11) is 0. The normalized spacial score (nSPS) is 31.7. The maximum absolute atomic E-state index is 13.6. The molecule has 6 nitrogen and oxygen atoms in total. The van der Waals surface area contributed by atoms with Crippen molar-refractivity contribution in [2.24, 2.45) is 11.8 Å². The molecule has 4 aliphatic carbocycles. The van der Waals surface area contributed by atoms with E-state index >= 15 is 0 Å². The fraction of sp³-hybridized carbons (Fsp3) is 0.360. The van der Waals surface area contributed by atoms with Crippen LogP contribution in [0.15, 0.2) is 70.0 Å². The van der Waals surface area contributed by atoms with Crippen LogP contribution in [0.1, 0.15) is 41.4 Å². The van der Waals surface area contributed by atoms with Gasteiger partial charge in [0, 0.05) is 34.4 Å². The lowest BCUT2D eigenvalue weighted by Gasteiger charge is -2.67. The van der Waals surface area contributed by atoms with E-state index in [-0.39, 0.29) is 29.1 Å². The minimum atomic E-state index is -0.512. The van der Waals surface area contributed by atoms with Crippen molar-refractivity contribution in [1.82, 2.24) is 9.58 Å². The number of carbonyl (C=O) groups excluding carboxylic acids is 1. The molecule has 1 aromatic heterocycles. The van der Waals surface area contributed by atoms with E-state index < -0.39 is 11.2 Å². The second-order valence-corrected chi connectivity index (χ2v) is 10.7. The first kappa shape index (κ1) is 18.6. The minimum absolute atomic E-state index is 0.0465. The highest BCUT2D eigenvalue weighted by molar-refractivity contribution is 7.99. The number of hydrogen-bond acceptors (Lipinski definition) is 5. The van der Waals surface area contributed by atoms with Crippen LogP contribution in [0, 0.1) is 11.8 Å². The van der Waals surface area contributed by atoms with E-state index in [0.717, 1.165) is 25.0 Å². The number of rotatable bonds is 2. The zero-order valence-corrected chi connectivity index (χ0v) is 18.3. The van der Waals surface area contributed by atoms with E-state index in [1.54, 1.807) is 10.9 Å². The standard InChI is InChI=1S/C25H23N3O3S/c29-19-8-9-27-22(23(19)30)24(31)26(25-10-15(11-25)12-25)14-28(27)21-17-6-3-4-16(17)13-32-20-7-2-1-5-18(20)21/h1-9,15,17,21,30H,10-14H2/t15?,17?,21-,25?/m0/s1. The summed E-state index contributed by atoms with van der Waals surface area (Å²) in [4.78, 5) is 29.1. The highest BCUT2D eigenvalue weighted by Crippen LogP contribution is 2.61. The second-order valence-electron chi connectivity index (χ2n) is 9.66. The topological polar surface area (TPSA) is 65.8 Å². The van der Waals surface area contributed by atoms with E-state index in [2.05, 4.69) is 47.5 Å². The molecule has 32 heavy (non-hydrogen) atoms. The average molecular weight is 446 g/mol. The number of aromatic hydroxyl groups is 1. The van der Waals surface area contributed by atoms with E-state index in [4.69, 9.17) is 0 Å². The van der Waals surface area contributed by atoms with Gasteiger partial charge in [-0.3, -0.25) is 19.3 Å². The molecule has 8 rings (SSSR count). The molecule has 0 spiro atoms. The van der Waals surface area contributed by atoms with Crippen LogP contribution in [-0.2, 0) is 0 Å². The van der Waals surface area contributed by atoms with Crippen LogP contribution >= 0.6 is 11.8 Å². The number of allylic oxidation sites excluding steroid dienone is 2. The fourth-order valence-corrected chi connectivity index (χ4v) is 7.37. The Morgan fingerprint density at radius 2 is 1.91 bits per heavy atom. The van der Waals surface area contributed by atoms with Crippen LogP contribution in [0.25, 0.3) is 0 Å². The molecule has 0 saturated heterocycles. The van der Waals surface area contributed by atoms with E-state index in [1.807, 2.05) is 16.7 Å². The van der Waals surface area contributed by atoms with Crippen LogP contribution in [0.3, 0.4) is 0 Å². The van der Waals surface area contributed by atoms with Gasteiger partial charge in [-0.15, -0.1) is 11.8 Å². The molecule has 2 bridgehead atoms. The Balaban J connectivity index is 1.44. The quantitative estimate of drug-likeness (QED) is 0.768. The lowest BCUT2D eigenvalue weighted by molar-refractivity contribution is -0.129. The number of carbonyl (C=O) groups is 1. The van der Waals surface area contributed by atoms with Gasteiger partial charge in [-0.2, -0.15) is 0 Å². The monoisotopic (exact) mass is 445 g/mol. The van der Waals surface area contributed by atoms with Gasteiger partial charge in [0.1, 0.15) is 6.67 Å². The van der Waals surface area contributed by atoms with Crippen molar-refractivity contribution in [1.29, 1.82) is 0 Å². The fourth-order valence-electron chi connectivity index (χ4n) is 6.23. The molecule has 162 valence electrons. The first-order valence-corrected chi connectivity index (χ1v) is 12.2. The first-order chi connectivity index (χ1) is 15.6. The Kier molecular flexibility index (Phi) is 3.68. The Hall–Kier alpha value is -2.93. The van der Waals surface area contributed by atoms with Crippen LogP contribution < -0.4 is 10.4 Å². The van der Waals surface area contributed by atoms with Gasteiger partial charge in [0.15, 0.2) is 11.4 Å². The number of fused-ring (bicyclic) bond motifs is 3. The van der Waals surface area contributed by atoms with Crippen molar-refractivity contribution < 1.29 is 9.90 Å². The maximum atomic E-state index is 13.6. The highest BCUT2D eigenvalue weighted by atomic mass is 32.2. The molecule has 2 atom stereocenters. The van der Waals surface area contributed by atoms with Crippen molar-refractivity contribution in [2.45, 2.75) is 35.7 Å².